The minimum absolute atomic E-state index is 0.0557. The predicted octanol–water partition coefficient (Wildman–Crippen LogP) is 6.83. The fourth-order valence-corrected chi connectivity index (χ4v) is 6.18. The summed E-state index contributed by atoms with van der Waals surface area (Å²) in [5.74, 6) is 0.680. The van der Waals surface area contributed by atoms with Crippen LogP contribution in [0.25, 0.3) is 0 Å². The Labute approximate surface area is 180 Å². The third-order valence-corrected chi connectivity index (χ3v) is 8.45. The molecule has 3 aliphatic rings. The number of ketones is 2. The molecule has 2 aromatic carbocycles. The monoisotopic (exact) mass is 400 g/mol. The molecule has 0 aliphatic heterocycles. The van der Waals surface area contributed by atoms with Crippen molar-refractivity contribution in [2.24, 2.45) is 0 Å². The highest BCUT2D eigenvalue weighted by molar-refractivity contribution is 6.12. The zero-order valence-corrected chi connectivity index (χ0v) is 18.9. The van der Waals surface area contributed by atoms with Gasteiger partial charge in [-0.3, -0.25) is 9.59 Å². The van der Waals surface area contributed by atoms with Gasteiger partial charge in [0, 0.05) is 16.7 Å². The molecule has 1 fully saturated rings. The molecule has 2 atom stereocenters. The average Bonchev–Trinajstić information content (AvgIpc) is 3.51. The summed E-state index contributed by atoms with van der Waals surface area (Å²) in [6.07, 6.45) is 5.97. The predicted molar refractivity (Wildman–Crippen MR) is 121 cm³/mol. The molecular formula is C28H32O2. The van der Waals surface area contributed by atoms with E-state index >= 15 is 0 Å². The third kappa shape index (κ3) is 2.69. The molecule has 0 radical (unpaired) electrons. The molecule has 2 nitrogen and oxygen atoms in total. The molecule has 2 aromatic rings. The summed E-state index contributed by atoms with van der Waals surface area (Å²) in [6.45, 7) is 10.8. The summed E-state index contributed by atoms with van der Waals surface area (Å²) < 4.78 is 0. The second-order valence-corrected chi connectivity index (χ2v) is 10.6. The molecule has 30 heavy (non-hydrogen) atoms. The number of benzene rings is 2. The molecule has 156 valence electrons. The van der Waals surface area contributed by atoms with Crippen LogP contribution in [-0.2, 0) is 10.8 Å². The number of hydrogen-bond donors (Lipinski definition) is 0. The van der Waals surface area contributed by atoms with Gasteiger partial charge in [0.2, 0.25) is 0 Å². The van der Waals surface area contributed by atoms with E-state index in [1.165, 1.54) is 42.4 Å². The molecule has 1 spiro atoms. The van der Waals surface area contributed by atoms with Crippen LogP contribution in [0.4, 0.5) is 0 Å². The summed E-state index contributed by atoms with van der Waals surface area (Å²) in [5, 5.41) is 0. The van der Waals surface area contributed by atoms with Gasteiger partial charge in [0.15, 0.2) is 11.6 Å². The van der Waals surface area contributed by atoms with Crippen molar-refractivity contribution >= 4 is 11.6 Å². The molecule has 0 N–H and O–H groups in total. The van der Waals surface area contributed by atoms with Gasteiger partial charge in [-0.05, 0) is 96.1 Å². The van der Waals surface area contributed by atoms with E-state index in [-0.39, 0.29) is 28.8 Å². The Hall–Kier alpha value is -2.22. The highest BCUT2D eigenvalue weighted by Gasteiger charge is 2.51. The second-order valence-electron chi connectivity index (χ2n) is 10.6. The first-order valence-electron chi connectivity index (χ1n) is 11.6. The molecule has 1 saturated carbocycles. The molecule has 0 saturated heterocycles. The van der Waals surface area contributed by atoms with Gasteiger partial charge in [-0.1, -0.05) is 45.9 Å². The van der Waals surface area contributed by atoms with Gasteiger partial charge in [-0.25, -0.2) is 0 Å². The van der Waals surface area contributed by atoms with Crippen LogP contribution < -0.4 is 0 Å². The van der Waals surface area contributed by atoms with Crippen molar-refractivity contribution in [3.63, 3.8) is 0 Å². The van der Waals surface area contributed by atoms with E-state index in [1.54, 1.807) is 6.92 Å². The van der Waals surface area contributed by atoms with Crippen molar-refractivity contribution in [3.05, 3.63) is 69.3 Å². The summed E-state index contributed by atoms with van der Waals surface area (Å²) in [7, 11) is 0. The molecule has 0 amide bonds. The van der Waals surface area contributed by atoms with Gasteiger partial charge < -0.3 is 0 Å². The topological polar surface area (TPSA) is 34.1 Å². The van der Waals surface area contributed by atoms with Crippen LogP contribution >= 0.6 is 0 Å². The fourth-order valence-electron chi connectivity index (χ4n) is 6.18. The SMILES string of the molecule is CCC1c2cc3c(cc2C(=O)c2ccc(C(C)=O)cc2C1C)C1(CCC3(C)C)CC1. The van der Waals surface area contributed by atoms with Crippen molar-refractivity contribution in [2.75, 3.05) is 0 Å². The number of fused-ring (bicyclic) bond motifs is 4. The Morgan fingerprint density at radius 1 is 0.967 bits per heavy atom. The van der Waals surface area contributed by atoms with E-state index in [4.69, 9.17) is 0 Å². The average molecular weight is 401 g/mol. The standard InChI is InChI=1S/C28H32O2/c1-6-19-16(2)21-13-18(17(3)29)7-8-20(21)26(30)23-15-25-24(14-22(19)23)27(4,5)9-10-28(25)11-12-28/h7-8,13-16,19H,6,9-12H2,1-5H3. The van der Waals surface area contributed by atoms with Crippen LogP contribution in [0.5, 0.6) is 0 Å². The first-order valence-corrected chi connectivity index (χ1v) is 11.6. The maximum atomic E-state index is 13.8. The number of Topliss-reactive ketones (excluding diaryl/α,β-unsaturated/α-hetero) is 1. The lowest BCUT2D eigenvalue weighted by Gasteiger charge is -2.39. The van der Waals surface area contributed by atoms with Crippen LogP contribution in [0.1, 0.15) is 127 Å². The zero-order valence-electron chi connectivity index (χ0n) is 18.9. The highest BCUT2D eigenvalue weighted by Crippen LogP contribution is 2.60. The minimum atomic E-state index is 0.0557. The molecule has 0 bridgehead atoms. The van der Waals surface area contributed by atoms with Crippen molar-refractivity contribution in [2.45, 2.75) is 89.4 Å². The first kappa shape index (κ1) is 19.7. The Balaban J connectivity index is 1.77. The number of carbonyl (C=O) groups excluding carboxylic acids is 2. The Morgan fingerprint density at radius 3 is 2.30 bits per heavy atom. The summed E-state index contributed by atoms with van der Waals surface area (Å²) in [5.41, 5.74) is 8.04. The van der Waals surface area contributed by atoms with E-state index < -0.39 is 0 Å². The lowest BCUT2D eigenvalue weighted by Crippen LogP contribution is -2.30. The van der Waals surface area contributed by atoms with Gasteiger partial charge in [0.1, 0.15) is 0 Å². The molecule has 0 heterocycles. The van der Waals surface area contributed by atoms with E-state index in [1.807, 2.05) is 18.2 Å². The third-order valence-electron chi connectivity index (χ3n) is 8.45. The maximum absolute atomic E-state index is 13.8. The van der Waals surface area contributed by atoms with Gasteiger partial charge in [-0.2, -0.15) is 0 Å². The van der Waals surface area contributed by atoms with Crippen molar-refractivity contribution in [1.29, 1.82) is 0 Å². The zero-order chi connectivity index (χ0) is 21.4. The van der Waals surface area contributed by atoms with E-state index in [2.05, 4.69) is 39.8 Å². The Kier molecular flexibility index (Phi) is 4.20. The summed E-state index contributed by atoms with van der Waals surface area (Å²) >= 11 is 0. The van der Waals surface area contributed by atoms with Crippen LogP contribution in [0.2, 0.25) is 0 Å². The van der Waals surface area contributed by atoms with Gasteiger partial charge in [-0.15, -0.1) is 0 Å². The molecule has 3 aliphatic carbocycles. The van der Waals surface area contributed by atoms with Crippen molar-refractivity contribution in [1.82, 2.24) is 0 Å². The van der Waals surface area contributed by atoms with Gasteiger partial charge >= 0.3 is 0 Å². The first-order chi connectivity index (χ1) is 14.2. The van der Waals surface area contributed by atoms with Crippen molar-refractivity contribution < 1.29 is 9.59 Å². The molecular weight excluding hydrogens is 368 g/mol. The molecule has 2 unspecified atom stereocenters. The number of hydrogen-bond acceptors (Lipinski definition) is 2. The van der Waals surface area contributed by atoms with Crippen LogP contribution in [0, 0.1) is 0 Å². The van der Waals surface area contributed by atoms with Crippen LogP contribution in [0.3, 0.4) is 0 Å². The lowest BCUT2D eigenvalue weighted by atomic mass is 9.65. The second kappa shape index (κ2) is 6.39. The van der Waals surface area contributed by atoms with E-state index in [0.717, 1.165) is 23.1 Å². The highest BCUT2D eigenvalue weighted by atomic mass is 16.1. The quantitative estimate of drug-likeness (QED) is 0.518. The van der Waals surface area contributed by atoms with Gasteiger partial charge in [0.05, 0.1) is 0 Å². The lowest BCUT2D eigenvalue weighted by molar-refractivity contribution is 0.101. The minimum Gasteiger partial charge on any atom is -0.295 e. The number of carbonyl (C=O) groups is 2. The normalized spacial score (nSPS) is 25.2. The van der Waals surface area contributed by atoms with E-state index in [0.29, 0.717) is 11.0 Å². The summed E-state index contributed by atoms with van der Waals surface area (Å²) in [4.78, 5) is 25.8. The maximum Gasteiger partial charge on any atom is 0.193 e. The smallest absolute Gasteiger partial charge is 0.193 e. The van der Waals surface area contributed by atoms with E-state index in [9.17, 15) is 9.59 Å². The van der Waals surface area contributed by atoms with Gasteiger partial charge in [0.25, 0.3) is 0 Å². The molecule has 0 aromatic heterocycles. The summed E-state index contributed by atoms with van der Waals surface area (Å²) in [6, 6.07) is 10.4. The largest absolute Gasteiger partial charge is 0.295 e. The molecule has 5 rings (SSSR count). The Morgan fingerprint density at radius 2 is 1.67 bits per heavy atom. The van der Waals surface area contributed by atoms with Crippen LogP contribution in [-0.4, -0.2) is 11.6 Å². The Bertz CT molecular complexity index is 1080. The fraction of sp³-hybridized carbons (Fsp3) is 0.500. The van der Waals surface area contributed by atoms with Crippen molar-refractivity contribution in [3.8, 4) is 0 Å². The number of rotatable bonds is 2. The van der Waals surface area contributed by atoms with Crippen LogP contribution in [0.15, 0.2) is 30.3 Å². The molecule has 2 heteroatoms.